The zero-order chi connectivity index (χ0) is 9.54. The number of fused-ring (bicyclic) bond motifs is 2. The van der Waals surface area contributed by atoms with Crippen LogP contribution in [0.25, 0.3) is 0 Å². The van der Waals surface area contributed by atoms with E-state index in [1.807, 2.05) is 0 Å². The molecule has 0 aromatic carbocycles. The van der Waals surface area contributed by atoms with Crippen molar-refractivity contribution >= 4 is 0 Å². The third kappa shape index (κ3) is 1.69. The van der Waals surface area contributed by atoms with E-state index in [0.717, 1.165) is 18.7 Å². The van der Waals surface area contributed by atoms with Crippen LogP contribution in [0.15, 0.2) is 0 Å². The molecule has 14 heavy (non-hydrogen) atoms. The highest BCUT2D eigenvalue weighted by Crippen LogP contribution is 2.28. The second-order valence-corrected chi connectivity index (χ2v) is 5.05. The Morgan fingerprint density at radius 3 is 2.79 bits per heavy atom. The van der Waals surface area contributed by atoms with E-state index in [-0.39, 0.29) is 0 Å². The first-order chi connectivity index (χ1) is 6.83. The van der Waals surface area contributed by atoms with Gasteiger partial charge in [-0.05, 0) is 32.9 Å². The highest BCUT2D eigenvalue weighted by Gasteiger charge is 2.36. The number of nitrogens with zero attached hydrogens (tertiary/aromatic N) is 2. The molecule has 0 saturated carbocycles. The zero-order valence-electron chi connectivity index (χ0n) is 8.98. The van der Waals surface area contributed by atoms with Crippen molar-refractivity contribution in [2.45, 2.75) is 37.5 Å². The van der Waals surface area contributed by atoms with Crippen LogP contribution in [-0.4, -0.2) is 61.3 Å². The fraction of sp³-hybridized carbons (Fsp3) is 1.00. The van der Waals surface area contributed by atoms with Crippen LogP contribution in [0.5, 0.6) is 0 Å². The highest BCUT2D eigenvalue weighted by molar-refractivity contribution is 4.92. The van der Waals surface area contributed by atoms with Crippen LogP contribution in [0.3, 0.4) is 0 Å². The molecule has 3 rings (SSSR count). The summed E-state index contributed by atoms with van der Waals surface area (Å²) in [7, 11) is 2.31. The van der Waals surface area contributed by atoms with Crippen molar-refractivity contribution in [1.82, 2.24) is 9.80 Å². The van der Waals surface area contributed by atoms with Crippen LogP contribution < -0.4 is 0 Å². The lowest BCUT2D eigenvalue weighted by Gasteiger charge is -2.24. The van der Waals surface area contributed by atoms with Gasteiger partial charge in [0.15, 0.2) is 0 Å². The molecule has 3 heteroatoms. The Balaban J connectivity index is 1.61. The number of rotatable bonds is 2. The second kappa shape index (κ2) is 3.47. The van der Waals surface area contributed by atoms with Gasteiger partial charge < -0.3 is 4.74 Å². The standard InChI is InChI=1S/C11H20N2O/c1-12-9-2-3-10(12)6-13(5-4-9)7-11-8-14-11/h9-11H,2-8H2,1H3. The largest absolute Gasteiger partial charge is 0.372 e. The molecule has 0 aromatic heterocycles. The molecule has 0 aromatic rings. The SMILES string of the molecule is CN1C2CCC1CN(CC1CO1)CC2. The maximum Gasteiger partial charge on any atom is 0.0936 e. The summed E-state index contributed by atoms with van der Waals surface area (Å²) in [6, 6.07) is 1.69. The maximum absolute atomic E-state index is 5.30. The molecule has 3 heterocycles. The topological polar surface area (TPSA) is 19.0 Å². The minimum atomic E-state index is 0.567. The quantitative estimate of drug-likeness (QED) is 0.601. The van der Waals surface area contributed by atoms with Gasteiger partial charge in [-0.2, -0.15) is 0 Å². The number of hydrogen-bond donors (Lipinski definition) is 0. The molecule has 0 N–H and O–H groups in total. The third-order valence-electron chi connectivity index (χ3n) is 4.10. The maximum atomic E-state index is 5.30. The molecule has 0 amide bonds. The van der Waals surface area contributed by atoms with Crippen molar-refractivity contribution in [3.63, 3.8) is 0 Å². The molecule has 3 nitrogen and oxygen atoms in total. The molecule has 0 radical (unpaired) electrons. The van der Waals surface area contributed by atoms with E-state index < -0.39 is 0 Å². The van der Waals surface area contributed by atoms with Gasteiger partial charge in [-0.25, -0.2) is 0 Å². The Labute approximate surface area is 86.0 Å². The Kier molecular flexibility index (Phi) is 2.26. The van der Waals surface area contributed by atoms with E-state index in [1.165, 1.54) is 38.9 Å². The number of likely N-dealkylation sites (tertiary alicyclic amines) is 1. The van der Waals surface area contributed by atoms with Crippen LogP contribution in [-0.2, 0) is 4.74 Å². The summed E-state index contributed by atoms with van der Waals surface area (Å²) in [5.41, 5.74) is 0. The summed E-state index contributed by atoms with van der Waals surface area (Å²) < 4.78 is 5.30. The van der Waals surface area contributed by atoms with Crippen molar-refractivity contribution in [2.24, 2.45) is 0 Å². The lowest BCUT2D eigenvalue weighted by Crippen LogP contribution is -2.38. The second-order valence-electron chi connectivity index (χ2n) is 5.05. The molecule has 80 valence electrons. The van der Waals surface area contributed by atoms with Gasteiger partial charge in [-0.1, -0.05) is 0 Å². The fourth-order valence-electron chi connectivity index (χ4n) is 3.01. The Morgan fingerprint density at radius 1 is 1.21 bits per heavy atom. The van der Waals surface area contributed by atoms with Crippen molar-refractivity contribution < 1.29 is 4.74 Å². The summed E-state index contributed by atoms with van der Waals surface area (Å²) in [6.45, 7) is 4.73. The molecule has 0 spiro atoms. The lowest BCUT2D eigenvalue weighted by atomic mass is 10.1. The monoisotopic (exact) mass is 196 g/mol. The van der Waals surface area contributed by atoms with Crippen LogP contribution in [0, 0.1) is 0 Å². The molecule has 3 saturated heterocycles. The predicted molar refractivity (Wildman–Crippen MR) is 55.4 cm³/mol. The van der Waals surface area contributed by atoms with Crippen LogP contribution in [0.4, 0.5) is 0 Å². The molecule has 3 unspecified atom stereocenters. The molecule has 2 bridgehead atoms. The predicted octanol–water partition coefficient (Wildman–Crippen LogP) is 0.554. The number of epoxide rings is 1. The smallest absolute Gasteiger partial charge is 0.0936 e. The normalized spacial score (nSPS) is 43.9. The first-order valence-corrected chi connectivity index (χ1v) is 5.89. The molecular weight excluding hydrogens is 176 g/mol. The summed E-state index contributed by atoms with van der Waals surface area (Å²) in [5.74, 6) is 0. The van der Waals surface area contributed by atoms with Gasteiger partial charge in [0.1, 0.15) is 0 Å². The fourth-order valence-corrected chi connectivity index (χ4v) is 3.01. The Hall–Kier alpha value is -0.120. The molecule has 3 fully saturated rings. The first kappa shape index (κ1) is 9.13. The van der Waals surface area contributed by atoms with Crippen molar-refractivity contribution in [1.29, 1.82) is 0 Å². The summed E-state index contributed by atoms with van der Waals surface area (Å²) in [4.78, 5) is 5.21. The van der Waals surface area contributed by atoms with Gasteiger partial charge in [0.25, 0.3) is 0 Å². The number of likely N-dealkylation sites (N-methyl/N-ethyl adjacent to an activating group) is 1. The molecule has 3 aliphatic heterocycles. The van der Waals surface area contributed by atoms with Gasteiger partial charge in [0.2, 0.25) is 0 Å². The van der Waals surface area contributed by atoms with Crippen molar-refractivity contribution in [2.75, 3.05) is 33.3 Å². The third-order valence-corrected chi connectivity index (χ3v) is 4.10. The average Bonchev–Trinajstić information content (AvgIpc) is 2.89. The lowest BCUT2D eigenvalue weighted by molar-refractivity contribution is 0.206. The zero-order valence-corrected chi connectivity index (χ0v) is 8.98. The summed E-state index contributed by atoms with van der Waals surface area (Å²) in [6.07, 6.45) is 4.76. The number of ether oxygens (including phenoxy) is 1. The van der Waals surface area contributed by atoms with E-state index >= 15 is 0 Å². The highest BCUT2D eigenvalue weighted by atomic mass is 16.6. The molecule has 3 aliphatic rings. The summed E-state index contributed by atoms with van der Waals surface area (Å²) >= 11 is 0. The Bertz CT molecular complexity index is 217. The van der Waals surface area contributed by atoms with E-state index in [2.05, 4.69) is 16.8 Å². The van der Waals surface area contributed by atoms with Gasteiger partial charge in [0.05, 0.1) is 12.7 Å². The van der Waals surface area contributed by atoms with Crippen LogP contribution in [0.2, 0.25) is 0 Å². The first-order valence-electron chi connectivity index (χ1n) is 5.89. The molecule has 0 aliphatic carbocycles. The van der Waals surface area contributed by atoms with Gasteiger partial charge in [-0.3, -0.25) is 9.80 Å². The van der Waals surface area contributed by atoms with Gasteiger partial charge in [0, 0.05) is 25.2 Å². The van der Waals surface area contributed by atoms with E-state index in [1.54, 1.807) is 0 Å². The summed E-state index contributed by atoms with van der Waals surface area (Å²) in [5, 5.41) is 0. The van der Waals surface area contributed by atoms with Crippen LogP contribution in [0.1, 0.15) is 19.3 Å². The minimum Gasteiger partial charge on any atom is -0.372 e. The van der Waals surface area contributed by atoms with E-state index in [0.29, 0.717) is 6.10 Å². The molecule has 3 atom stereocenters. The van der Waals surface area contributed by atoms with Gasteiger partial charge in [-0.15, -0.1) is 0 Å². The van der Waals surface area contributed by atoms with Crippen LogP contribution >= 0.6 is 0 Å². The number of hydrogen-bond acceptors (Lipinski definition) is 3. The minimum absolute atomic E-state index is 0.567. The van der Waals surface area contributed by atoms with E-state index in [4.69, 9.17) is 4.74 Å². The van der Waals surface area contributed by atoms with E-state index in [9.17, 15) is 0 Å². The van der Waals surface area contributed by atoms with Crippen molar-refractivity contribution in [3.05, 3.63) is 0 Å². The molecular formula is C11H20N2O. The Morgan fingerprint density at radius 2 is 2.00 bits per heavy atom. The van der Waals surface area contributed by atoms with Gasteiger partial charge >= 0.3 is 0 Å². The average molecular weight is 196 g/mol. The van der Waals surface area contributed by atoms with Crippen molar-refractivity contribution in [3.8, 4) is 0 Å².